The molecule has 242 valence electrons. The summed E-state index contributed by atoms with van der Waals surface area (Å²) in [5, 5.41) is 4.57. The van der Waals surface area contributed by atoms with Gasteiger partial charge in [0.05, 0.1) is 23.8 Å². The summed E-state index contributed by atoms with van der Waals surface area (Å²) in [6, 6.07) is 26.4. The lowest BCUT2D eigenvalue weighted by Crippen LogP contribution is -2.49. The van der Waals surface area contributed by atoms with Crippen molar-refractivity contribution in [1.29, 1.82) is 0 Å². The summed E-state index contributed by atoms with van der Waals surface area (Å²) in [6.45, 7) is 1.10. The van der Waals surface area contributed by atoms with Gasteiger partial charge in [-0.2, -0.15) is 8.42 Å². The molecule has 1 aliphatic rings. The average molecular weight is 664 g/mol. The third kappa shape index (κ3) is 9.00. The molecule has 2 unspecified atom stereocenters. The Morgan fingerprint density at radius 1 is 0.804 bits per heavy atom. The van der Waals surface area contributed by atoms with Gasteiger partial charge in [-0.1, -0.05) is 84.9 Å². The lowest BCUT2D eigenvalue weighted by atomic mass is 10.0. The summed E-state index contributed by atoms with van der Waals surface area (Å²) in [5.74, 6) is -0.686. The van der Waals surface area contributed by atoms with Gasteiger partial charge in [-0.05, 0) is 52.4 Å². The lowest BCUT2D eigenvalue weighted by Gasteiger charge is -2.25. The van der Waals surface area contributed by atoms with Crippen molar-refractivity contribution in [2.75, 3.05) is 19.3 Å². The Balaban J connectivity index is 1.34. The number of sulfonamides is 1. The molecule has 5 rings (SSSR count). The van der Waals surface area contributed by atoms with Crippen molar-refractivity contribution in [3.8, 4) is 0 Å². The SMILES string of the molecule is CS(=O)(=O)OCc1ccc(CC(NC(=O)CC(NS(=O)(=O)c2ccc3ccccc3c2)c2ccccc2)C(=O)N2CCCC2)cc1. The van der Waals surface area contributed by atoms with E-state index in [-0.39, 0.29) is 30.3 Å². The molecule has 46 heavy (non-hydrogen) atoms. The Hall–Kier alpha value is -4.10. The van der Waals surface area contributed by atoms with Crippen molar-refractivity contribution in [2.24, 2.45) is 0 Å². The normalized spacial score (nSPS) is 15.0. The van der Waals surface area contributed by atoms with Gasteiger partial charge in [-0.25, -0.2) is 13.1 Å². The van der Waals surface area contributed by atoms with Crippen LogP contribution < -0.4 is 10.0 Å². The molecule has 0 bridgehead atoms. The van der Waals surface area contributed by atoms with Crippen molar-refractivity contribution >= 4 is 42.7 Å². The van der Waals surface area contributed by atoms with Crippen LogP contribution in [0.1, 0.15) is 42.0 Å². The maximum Gasteiger partial charge on any atom is 0.264 e. The van der Waals surface area contributed by atoms with Crippen LogP contribution in [0.3, 0.4) is 0 Å². The van der Waals surface area contributed by atoms with Crippen molar-refractivity contribution in [1.82, 2.24) is 14.9 Å². The van der Waals surface area contributed by atoms with Crippen LogP contribution in [0.5, 0.6) is 0 Å². The number of carbonyl (C=O) groups excluding carboxylic acids is 2. The maximum atomic E-state index is 13.6. The van der Waals surface area contributed by atoms with Gasteiger partial charge in [0.25, 0.3) is 10.1 Å². The summed E-state index contributed by atoms with van der Waals surface area (Å²) >= 11 is 0. The molecule has 4 aromatic rings. The number of nitrogens with one attached hydrogen (secondary N) is 2. The number of hydrogen-bond acceptors (Lipinski definition) is 7. The summed E-state index contributed by atoms with van der Waals surface area (Å²) in [4.78, 5) is 29.0. The van der Waals surface area contributed by atoms with Gasteiger partial charge in [-0.15, -0.1) is 0 Å². The fourth-order valence-electron chi connectivity index (χ4n) is 5.48. The van der Waals surface area contributed by atoms with Crippen LogP contribution >= 0.6 is 0 Å². The smallest absolute Gasteiger partial charge is 0.264 e. The van der Waals surface area contributed by atoms with E-state index >= 15 is 0 Å². The summed E-state index contributed by atoms with van der Waals surface area (Å²) in [5.41, 5.74) is 2.01. The first kappa shape index (κ1) is 33.3. The van der Waals surface area contributed by atoms with E-state index in [0.717, 1.165) is 35.4 Å². The second kappa shape index (κ2) is 14.5. The summed E-state index contributed by atoms with van der Waals surface area (Å²) in [7, 11) is -7.62. The summed E-state index contributed by atoms with van der Waals surface area (Å²) < 4.78 is 57.4. The van der Waals surface area contributed by atoms with Crippen LogP contribution in [0, 0.1) is 0 Å². The van der Waals surface area contributed by atoms with E-state index in [4.69, 9.17) is 4.18 Å². The first-order valence-electron chi connectivity index (χ1n) is 15.0. The number of hydrogen-bond donors (Lipinski definition) is 2. The molecular weight excluding hydrogens is 627 g/mol. The fourth-order valence-corrected chi connectivity index (χ4v) is 7.09. The highest BCUT2D eigenvalue weighted by molar-refractivity contribution is 7.89. The van der Waals surface area contributed by atoms with Gasteiger partial charge in [-0.3, -0.25) is 13.8 Å². The molecule has 2 N–H and O–H groups in total. The van der Waals surface area contributed by atoms with E-state index in [1.165, 1.54) is 6.07 Å². The topological polar surface area (TPSA) is 139 Å². The molecule has 1 saturated heterocycles. The summed E-state index contributed by atoms with van der Waals surface area (Å²) in [6.07, 6.45) is 2.72. The van der Waals surface area contributed by atoms with Crippen molar-refractivity contribution in [3.63, 3.8) is 0 Å². The molecule has 4 aromatic carbocycles. The van der Waals surface area contributed by atoms with Crippen molar-refractivity contribution in [3.05, 3.63) is 114 Å². The van der Waals surface area contributed by atoms with Crippen LogP contribution in [-0.4, -0.2) is 58.9 Å². The standard InChI is InChI=1S/C34H37N3O7S2/c1-45(40,41)44-24-26-15-13-25(14-16-26)21-32(34(39)37-19-7-8-20-37)35-33(38)23-31(28-10-3-2-4-11-28)36-46(42,43)30-18-17-27-9-5-6-12-29(27)22-30/h2-6,9-18,22,31-32,36H,7-8,19-21,23-24H2,1H3,(H,35,38). The van der Waals surface area contributed by atoms with E-state index in [2.05, 4.69) is 10.0 Å². The third-order valence-corrected chi connectivity index (χ3v) is 9.89. The molecule has 1 fully saturated rings. The number of nitrogens with zero attached hydrogens (tertiary/aromatic N) is 1. The van der Waals surface area contributed by atoms with Crippen molar-refractivity contribution in [2.45, 2.75) is 49.3 Å². The second-order valence-corrected chi connectivity index (χ2v) is 14.8. The minimum Gasteiger partial charge on any atom is -0.344 e. The molecular formula is C34H37N3O7S2. The van der Waals surface area contributed by atoms with Gasteiger partial charge in [0.2, 0.25) is 21.8 Å². The van der Waals surface area contributed by atoms with Crippen LogP contribution in [-0.2, 0) is 46.9 Å². The minimum absolute atomic E-state index is 0.0833. The highest BCUT2D eigenvalue weighted by atomic mass is 32.2. The molecule has 1 heterocycles. The van der Waals surface area contributed by atoms with E-state index in [9.17, 15) is 26.4 Å². The number of likely N-dealkylation sites (tertiary alicyclic amines) is 1. The molecule has 12 heteroatoms. The minimum atomic E-state index is -4.02. The number of benzene rings is 4. The quantitative estimate of drug-likeness (QED) is 0.206. The van der Waals surface area contributed by atoms with Gasteiger partial charge in [0.1, 0.15) is 6.04 Å². The number of amides is 2. The molecule has 2 amide bonds. The largest absolute Gasteiger partial charge is 0.344 e. The second-order valence-electron chi connectivity index (χ2n) is 11.4. The molecule has 1 aliphatic heterocycles. The van der Waals surface area contributed by atoms with Gasteiger partial charge in [0, 0.05) is 25.9 Å². The van der Waals surface area contributed by atoms with Crippen LogP contribution in [0.15, 0.2) is 102 Å². The first-order valence-corrected chi connectivity index (χ1v) is 18.3. The zero-order valence-electron chi connectivity index (χ0n) is 25.5. The number of carbonyl (C=O) groups is 2. The maximum absolute atomic E-state index is 13.6. The fraction of sp³-hybridized carbons (Fsp3) is 0.294. The van der Waals surface area contributed by atoms with Crippen LogP contribution in [0.2, 0.25) is 0 Å². The number of fused-ring (bicyclic) bond motifs is 1. The van der Waals surface area contributed by atoms with Gasteiger partial charge < -0.3 is 10.2 Å². The van der Waals surface area contributed by atoms with Gasteiger partial charge in [0.15, 0.2) is 0 Å². The zero-order chi connectivity index (χ0) is 32.7. The number of rotatable bonds is 13. The zero-order valence-corrected chi connectivity index (χ0v) is 27.1. The van der Waals surface area contributed by atoms with Crippen LogP contribution in [0.4, 0.5) is 0 Å². The van der Waals surface area contributed by atoms with E-state index in [1.807, 2.05) is 30.3 Å². The van der Waals surface area contributed by atoms with E-state index < -0.39 is 38.1 Å². The highest BCUT2D eigenvalue weighted by Crippen LogP contribution is 2.24. The Labute approximate surface area is 269 Å². The van der Waals surface area contributed by atoms with Crippen LogP contribution in [0.25, 0.3) is 10.8 Å². The monoisotopic (exact) mass is 663 g/mol. The Bertz CT molecular complexity index is 1890. The molecule has 0 aromatic heterocycles. The molecule has 0 aliphatic carbocycles. The van der Waals surface area contributed by atoms with Crippen molar-refractivity contribution < 1.29 is 30.6 Å². The van der Waals surface area contributed by atoms with E-state index in [0.29, 0.717) is 24.2 Å². The third-order valence-electron chi connectivity index (χ3n) is 7.87. The van der Waals surface area contributed by atoms with Gasteiger partial charge >= 0.3 is 0 Å². The molecule has 0 saturated carbocycles. The van der Waals surface area contributed by atoms with E-state index in [1.54, 1.807) is 65.6 Å². The Kier molecular flexibility index (Phi) is 10.5. The average Bonchev–Trinajstić information content (AvgIpc) is 3.58. The Morgan fingerprint density at radius 2 is 1.43 bits per heavy atom. The Morgan fingerprint density at radius 3 is 2.11 bits per heavy atom. The molecule has 0 radical (unpaired) electrons. The first-order chi connectivity index (χ1) is 22.0. The molecule has 10 nitrogen and oxygen atoms in total. The predicted octanol–water partition coefficient (Wildman–Crippen LogP) is 4.08. The predicted molar refractivity (Wildman–Crippen MR) is 176 cm³/mol. The molecule has 2 atom stereocenters. The highest BCUT2D eigenvalue weighted by Gasteiger charge is 2.30. The molecule has 0 spiro atoms. The lowest BCUT2D eigenvalue weighted by molar-refractivity contribution is -0.135.